The van der Waals surface area contributed by atoms with Crippen LogP contribution in [-0.2, 0) is 9.53 Å². The van der Waals surface area contributed by atoms with E-state index in [4.69, 9.17) is 4.74 Å². The highest BCUT2D eigenvalue weighted by molar-refractivity contribution is 5.87. The molecule has 0 radical (unpaired) electrons. The number of nitrogens with one attached hydrogen (secondary N) is 3. The number of anilines is 1. The molecule has 1 aromatic rings. The van der Waals surface area contributed by atoms with Crippen LogP contribution in [0.4, 0.5) is 10.5 Å². The van der Waals surface area contributed by atoms with E-state index in [0.717, 1.165) is 38.3 Å². The number of amides is 3. The third kappa shape index (κ3) is 4.63. The van der Waals surface area contributed by atoms with E-state index in [1.54, 1.807) is 0 Å². The Morgan fingerprint density at radius 1 is 1.28 bits per heavy atom. The molecule has 25 heavy (non-hydrogen) atoms. The molecule has 0 aromatic heterocycles. The van der Waals surface area contributed by atoms with Gasteiger partial charge >= 0.3 is 6.03 Å². The van der Waals surface area contributed by atoms with Gasteiger partial charge in [0.05, 0.1) is 19.3 Å². The second-order valence-electron chi connectivity index (χ2n) is 6.52. The highest BCUT2D eigenvalue weighted by atomic mass is 16.5. The number of nitrogens with zero attached hydrogens (tertiary/aromatic N) is 1. The van der Waals surface area contributed by atoms with Gasteiger partial charge in [0.2, 0.25) is 5.91 Å². The summed E-state index contributed by atoms with van der Waals surface area (Å²) in [6, 6.07) is 7.32. The van der Waals surface area contributed by atoms with Gasteiger partial charge in [0.15, 0.2) is 0 Å². The van der Waals surface area contributed by atoms with E-state index < -0.39 is 6.04 Å². The maximum absolute atomic E-state index is 12.1. The summed E-state index contributed by atoms with van der Waals surface area (Å²) in [6.07, 6.45) is 1.57. The Morgan fingerprint density at radius 3 is 2.68 bits per heavy atom. The number of ether oxygens (including phenoxy) is 1. The third-order valence-corrected chi connectivity index (χ3v) is 4.71. The van der Waals surface area contributed by atoms with Crippen LogP contribution in [0, 0.1) is 0 Å². The molecule has 2 heterocycles. The van der Waals surface area contributed by atoms with E-state index in [-0.39, 0.29) is 18.0 Å². The first-order valence-corrected chi connectivity index (χ1v) is 8.91. The third-order valence-electron chi connectivity index (χ3n) is 4.71. The Balaban J connectivity index is 1.52. The standard InChI is InChI=1S/C18H26N4O3/c1-13(20-18(24)21-16-3-2-8-19-17(16)23)14-4-6-15(7-5-14)22-9-11-25-12-10-22/h4-7,13,16H,2-3,8-12H2,1H3,(H,19,23)(H2,20,21,24)/t13-,16-/m0/s1. The molecule has 3 amide bonds. The number of carbonyl (C=O) groups excluding carboxylic acids is 2. The molecule has 3 rings (SSSR count). The normalized spacial score (nSPS) is 22.0. The number of hydrogen-bond acceptors (Lipinski definition) is 4. The van der Waals surface area contributed by atoms with E-state index in [1.807, 2.05) is 19.1 Å². The fraction of sp³-hybridized carbons (Fsp3) is 0.556. The molecular weight excluding hydrogens is 320 g/mol. The summed E-state index contributed by atoms with van der Waals surface area (Å²) >= 11 is 0. The van der Waals surface area contributed by atoms with E-state index in [9.17, 15) is 9.59 Å². The highest BCUT2D eigenvalue weighted by Gasteiger charge is 2.24. The zero-order valence-electron chi connectivity index (χ0n) is 14.6. The van der Waals surface area contributed by atoms with Crippen LogP contribution >= 0.6 is 0 Å². The molecule has 7 heteroatoms. The van der Waals surface area contributed by atoms with E-state index in [2.05, 4.69) is 33.0 Å². The lowest BCUT2D eigenvalue weighted by Crippen LogP contribution is -2.52. The first kappa shape index (κ1) is 17.5. The van der Waals surface area contributed by atoms with Crippen molar-refractivity contribution in [1.29, 1.82) is 0 Å². The summed E-state index contributed by atoms with van der Waals surface area (Å²) in [4.78, 5) is 26.1. The molecule has 2 atom stereocenters. The van der Waals surface area contributed by atoms with Crippen LogP contribution in [0.5, 0.6) is 0 Å². The Morgan fingerprint density at radius 2 is 2.00 bits per heavy atom. The first-order chi connectivity index (χ1) is 12.1. The van der Waals surface area contributed by atoms with Crippen LogP contribution < -0.4 is 20.9 Å². The average molecular weight is 346 g/mol. The molecule has 2 fully saturated rings. The topological polar surface area (TPSA) is 82.7 Å². The van der Waals surface area contributed by atoms with Crippen LogP contribution in [0.2, 0.25) is 0 Å². The second-order valence-corrected chi connectivity index (χ2v) is 6.52. The van der Waals surface area contributed by atoms with Crippen molar-refractivity contribution in [2.45, 2.75) is 31.8 Å². The quantitative estimate of drug-likeness (QED) is 0.764. The molecule has 7 nitrogen and oxygen atoms in total. The van der Waals surface area contributed by atoms with Gasteiger partial charge in [-0.3, -0.25) is 4.79 Å². The largest absolute Gasteiger partial charge is 0.378 e. The molecule has 3 N–H and O–H groups in total. The van der Waals surface area contributed by atoms with E-state index in [1.165, 1.54) is 5.69 Å². The fourth-order valence-corrected chi connectivity index (χ4v) is 3.19. The van der Waals surface area contributed by atoms with Gasteiger partial charge in [-0.25, -0.2) is 4.79 Å². The Bertz CT molecular complexity index is 599. The van der Waals surface area contributed by atoms with Gasteiger partial charge in [0.25, 0.3) is 0 Å². The number of piperidine rings is 1. The molecule has 0 saturated carbocycles. The van der Waals surface area contributed by atoms with E-state index in [0.29, 0.717) is 13.0 Å². The monoisotopic (exact) mass is 346 g/mol. The smallest absolute Gasteiger partial charge is 0.315 e. The lowest BCUT2D eigenvalue weighted by atomic mass is 10.1. The lowest BCUT2D eigenvalue weighted by Gasteiger charge is -2.29. The van der Waals surface area contributed by atoms with Crippen molar-refractivity contribution in [3.63, 3.8) is 0 Å². The zero-order chi connectivity index (χ0) is 17.6. The Kier molecular flexibility index (Phi) is 5.75. The number of hydrogen-bond donors (Lipinski definition) is 3. The summed E-state index contributed by atoms with van der Waals surface area (Å²) in [5.74, 6) is -0.107. The lowest BCUT2D eigenvalue weighted by molar-refractivity contribution is -0.124. The van der Waals surface area contributed by atoms with Gasteiger partial charge in [-0.1, -0.05) is 12.1 Å². The van der Waals surface area contributed by atoms with Crippen molar-refractivity contribution in [2.24, 2.45) is 0 Å². The number of benzene rings is 1. The van der Waals surface area contributed by atoms with Crippen LogP contribution in [0.15, 0.2) is 24.3 Å². The Hall–Kier alpha value is -2.28. The van der Waals surface area contributed by atoms with Crippen LogP contribution in [-0.4, -0.2) is 50.8 Å². The van der Waals surface area contributed by atoms with Crippen molar-refractivity contribution in [1.82, 2.24) is 16.0 Å². The molecular formula is C18H26N4O3. The molecule has 0 aliphatic carbocycles. The molecule has 1 aromatic carbocycles. The Labute approximate surface area is 148 Å². The van der Waals surface area contributed by atoms with Crippen molar-refractivity contribution in [3.05, 3.63) is 29.8 Å². The molecule has 2 aliphatic rings. The van der Waals surface area contributed by atoms with Crippen molar-refractivity contribution >= 4 is 17.6 Å². The summed E-state index contributed by atoms with van der Waals surface area (Å²) in [5.41, 5.74) is 2.20. The molecule has 0 unspecified atom stereocenters. The SMILES string of the molecule is C[C@H](NC(=O)N[C@H]1CCCNC1=O)c1ccc(N2CCOCC2)cc1. The minimum Gasteiger partial charge on any atom is -0.378 e. The van der Waals surface area contributed by atoms with Crippen LogP contribution in [0.3, 0.4) is 0 Å². The predicted molar refractivity (Wildman–Crippen MR) is 95.6 cm³/mol. The van der Waals surface area contributed by atoms with Crippen molar-refractivity contribution < 1.29 is 14.3 Å². The predicted octanol–water partition coefficient (Wildman–Crippen LogP) is 1.16. The van der Waals surface area contributed by atoms with Gasteiger partial charge in [-0.05, 0) is 37.5 Å². The second kappa shape index (κ2) is 8.20. The summed E-state index contributed by atoms with van der Waals surface area (Å²) in [6.45, 7) is 5.94. The first-order valence-electron chi connectivity index (χ1n) is 8.91. The van der Waals surface area contributed by atoms with Crippen LogP contribution in [0.1, 0.15) is 31.4 Å². The molecule has 0 bridgehead atoms. The number of carbonyl (C=O) groups is 2. The molecule has 136 valence electrons. The van der Waals surface area contributed by atoms with Gasteiger partial charge in [-0.15, -0.1) is 0 Å². The van der Waals surface area contributed by atoms with E-state index >= 15 is 0 Å². The summed E-state index contributed by atoms with van der Waals surface area (Å²) in [5, 5.41) is 8.41. The van der Waals surface area contributed by atoms with Crippen LogP contribution in [0.25, 0.3) is 0 Å². The minimum atomic E-state index is -0.440. The zero-order valence-corrected chi connectivity index (χ0v) is 14.6. The minimum absolute atomic E-state index is 0.107. The highest BCUT2D eigenvalue weighted by Crippen LogP contribution is 2.20. The van der Waals surface area contributed by atoms with Crippen molar-refractivity contribution in [3.8, 4) is 0 Å². The number of urea groups is 1. The average Bonchev–Trinajstić information content (AvgIpc) is 2.64. The van der Waals surface area contributed by atoms with Crippen molar-refractivity contribution in [2.75, 3.05) is 37.7 Å². The molecule has 0 spiro atoms. The number of rotatable bonds is 4. The van der Waals surface area contributed by atoms with Gasteiger partial charge in [0.1, 0.15) is 6.04 Å². The van der Waals surface area contributed by atoms with Gasteiger partial charge in [-0.2, -0.15) is 0 Å². The van der Waals surface area contributed by atoms with Gasteiger partial charge in [0, 0.05) is 25.3 Å². The maximum Gasteiger partial charge on any atom is 0.315 e. The number of morpholine rings is 1. The van der Waals surface area contributed by atoms with Gasteiger partial charge < -0.3 is 25.6 Å². The summed E-state index contributed by atoms with van der Waals surface area (Å²) in [7, 11) is 0. The fourth-order valence-electron chi connectivity index (χ4n) is 3.19. The maximum atomic E-state index is 12.1. The summed E-state index contributed by atoms with van der Waals surface area (Å²) < 4.78 is 5.37. The molecule has 2 aliphatic heterocycles. The molecule has 2 saturated heterocycles.